The van der Waals surface area contributed by atoms with Gasteiger partial charge in [0.15, 0.2) is 6.61 Å². The maximum atomic E-state index is 13.6. The summed E-state index contributed by atoms with van der Waals surface area (Å²) in [5.41, 5.74) is 1.31. The van der Waals surface area contributed by atoms with Gasteiger partial charge in [-0.25, -0.2) is 9.18 Å². The molecule has 3 rings (SSSR count). The van der Waals surface area contributed by atoms with Gasteiger partial charge in [0.05, 0.1) is 11.4 Å². The van der Waals surface area contributed by atoms with E-state index in [-0.39, 0.29) is 17.9 Å². The van der Waals surface area contributed by atoms with Gasteiger partial charge in [-0.1, -0.05) is 30.3 Å². The van der Waals surface area contributed by atoms with Crippen molar-refractivity contribution in [2.24, 2.45) is 0 Å². The van der Waals surface area contributed by atoms with Gasteiger partial charge < -0.3 is 15.0 Å². The number of nitrogens with zero attached hydrogens (tertiary/aromatic N) is 1. The van der Waals surface area contributed by atoms with Crippen molar-refractivity contribution in [3.8, 4) is 0 Å². The largest absolute Gasteiger partial charge is 0.452 e. The molecule has 7 heteroatoms. The lowest BCUT2D eigenvalue weighted by atomic mass is 10.1. The van der Waals surface area contributed by atoms with E-state index in [0.717, 1.165) is 6.08 Å². The molecule has 1 aliphatic heterocycles. The highest BCUT2D eigenvalue weighted by Crippen LogP contribution is 2.31. The number of benzene rings is 2. The van der Waals surface area contributed by atoms with E-state index in [2.05, 4.69) is 5.32 Å². The van der Waals surface area contributed by atoms with E-state index < -0.39 is 30.3 Å². The first kappa shape index (κ1) is 19.3. The number of anilines is 2. The molecule has 0 aromatic heterocycles. The molecule has 1 aliphatic rings. The van der Waals surface area contributed by atoms with Gasteiger partial charge in [-0.2, -0.15) is 0 Å². The monoisotopic (exact) mass is 382 g/mol. The zero-order valence-electron chi connectivity index (χ0n) is 15.2. The maximum absolute atomic E-state index is 13.6. The summed E-state index contributed by atoms with van der Waals surface area (Å²) in [4.78, 5) is 38.0. The molecule has 1 atom stereocenters. The number of hydrogen-bond acceptors (Lipinski definition) is 4. The molecule has 0 saturated heterocycles. The second kappa shape index (κ2) is 8.47. The Morgan fingerprint density at radius 3 is 2.71 bits per heavy atom. The van der Waals surface area contributed by atoms with Crippen LogP contribution in [0.2, 0.25) is 0 Å². The van der Waals surface area contributed by atoms with Gasteiger partial charge in [-0.3, -0.25) is 9.59 Å². The van der Waals surface area contributed by atoms with Gasteiger partial charge in [0.25, 0.3) is 5.91 Å². The average molecular weight is 382 g/mol. The molecule has 1 heterocycles. The Morgan fingerprint density at radius 2 is 1.93 bits per heavy atom. The normalized spacial score (nSPS) is 16.3. The fourth-order valence-electron chi connectivity index (χ4n) is 2.99. The van der Waals surface area contributed by atoms with E-state index in [0.29, 0.717) is 11.4 Å². The van der Waals surface area contributed by atoms with Crippen LogP contribution in [0.15, 0.2) is 54.6 Å². The van der Waals surface area contributed by atoms with E-state index in [4.69, 9.17) is 4.74 Å². The second-order valence-electron chi connectivity index (χ2n) is 6.34. The van der Waals surface area contributed by atoms with Crippen molar-refractivity contribution >= 4 is 35.2 Å². The Kier molecular flexibility index (Phi) is 5.84. The van der Waals surface area contributed by atoms with Crippen LogP contribution in [0, 0.1) is 5.82 Å². The maximum Gasteiger partial charge on any atom is 0.331 e. The molecule has 28 heavy (non-hydrogen) atoms. The third-order valence-electron chi connectivity index (χ3n) is 4.27. The van der Waals surface area contributed by atoms with E-state index in [1.807, 2.05) is 0 Å². The minimum atomic E-state index is -0.762. The van der Waals surface area contributed by atoms with Gasteiger partial charge in [0.1, 0.15) is 5.82 Å². The molecule has 0 fully saturated rings. The molecule has 0 spiro atoms. The van der Waals surface area contributed by atoms with Crippen molar-refractivity contribution in [1.82, 2.24) is 0 Å². The highest BCUT2D eigenvalue weighted by atomic mass is 19.1. The molecule has 2 amide bonds. The Hall–Kier alpha value is -3.48. The van der Waals surface area contributed by atoms with E-state index in [9.17, 15) is 18.8 Å². The molecule has 1 N–H and O–H groups in total. The molecule has 2 aromatic carbocycles. The number of amides is 2. The smallest absolute Gasteiger partial charge is 0.331 e. The topological polar surface area (TPSA) is 75.7 Å². The SMILES string of the molecule is C[C@H]1CC(=O)Nc2ccccc2N1C(=O)COC(=O)/C=C/c1ccccc1F. The molecule has 0 bridgehead atoms. The lowest BCUT2D eigenvalue weighted by molar-refractivity contribution is -0.143. The van der Waals surface area contributed by atoms with Crippen molar-refractivity contribution in [1.29, 1.82) is 0 Å². The van der Waals surface area contributed by atoms with E-state index >= 15 is 0 Å². The van der Waals surface area contributed by atoms with Crippen molar-refractivity contribution in [3.63, 3.8) is 0 Å². The number of rotatable bonds is 4. The number of ether oxygens (including phenoxy) is 1. The van der Waals surface area contributed by atoms with Crippen LogP contribution in [-0.2, 0) is 19.1 Å². The molecule has 2 aromatic rings. The summed E-state index contributed by atoms with van der Waals surface area (Å²) in [6, 6.07) is 12.5. The van der Waals surface area contributed by atoms with Crippen molar-refractivity contribution in [2.75, 3.05) is 16.8 Å². The van der Waals surface area contributed by atoms with Crippen LogP contribution in [0.5, 0.6) is 0 Å². The Morgan fingerprint density at radius 1 is 1.21 bits per heavy atom. The lowest BCUT2D eigenvalue weighted by Gasteiger charge is -2.27. The molecule has 0 saturated carbocycles. The first-order valence-electron chi connectivity index (χ1n) is 8.76. The molecule has 6 nitrogen and oxygen atoms in total. The summed E-state index contributed by atoms with van der Waals surface area (Å²) in [7, 11) is 0. The number of halogens is 1. The minimum Gasteiger partial charge on any atom is -0.452 e. The Balaban J connectivity index is 1.68. The number of carbonyl (C=O) groups excluding carboxylic acids is 3. The number of nitrogens with one attached hydrogen (secondary N) is 1. The summed E-state index contributed by atoms with van der Waals surface area (Å²) in [6.07, 6.45) is 2.48. The molecular weight excluding hydrogens is 363 g/mol. The minimum absolute atomic E-state index is 0.127. The Labute approximate surface area is 161 Å². The summed E-state index contributed by atoms with van der Waals surface area (Å²) >= 11 is 0. The van der Waals surface area contributed by atoms with Crippen molar-refractivity contribution in [2.45, 2.75) is 19.4 Å². The van der Waals surface area contributed by atoms with E-state index in [1.165, 1.54) is 23.1 Å². The van der Waals surface area contributed by atoms with Gasteiger partial charge >= 0.3 is 5.97 Å². The highest BCUT2D eigenvalue weighted by Gasteiger charge is 2.29. The van der Waals surface area contributed by atoms with Gasteiger partial charge in [0, 0.05) is 24.1 Å². The van der Waals surface area contributed by atoms with Gasteiger partial charge in [-0.15, -0.1) is 0 Å². The number of esters is 1. The van der Waals surface area contributed by atoms with Crippen LogP contribution in [0.4, 0.5) is 15.8 Å². The summed E-state index contributed by atoms with van der Waals surface area (Å²) < 4.78 is 18.6. The van der Waals surface area contributed by atoms with Crippen LogP contribution in [-0.4, -0.2) is 30.4 Å². The Bertz CT molecular complexity index is 942. The zero-order chi connectivity index (χ0) is 20.1. The first-order valence-corrected chi connectivity index (χ1v) is 8.76. The summed E-state index contributed by atoms with van der Waals surface area (Å²) in [5.74, 6) is -1.87. The van der Waals surface area contributed by atoms with Crippen molar-refractivity contribution < 1.29 is 23.5 Å². The number of carbonyl (C=O) groups is 3. The number of para-hydroxylation sites is 2. The molecular formula is C21H19FN2O4. The van der Waals surface area contributed by atoms with Crippen LogP contribution < -0.4 is 10.2 Å². The van der Waals surface area contributed by atoms with Crippen LogP contribution in [0.25, 0.3) is 6.08 Å². The van der Waals surface area contributed by atoms with Gasteiger partial charge in [-0.05, 0) is 31.2 Å². The third-order valence-corrected chi connectivity index (χ3v) is 4.27. The number of hydrogen-bond donors (Lipinski definition) is 1. The second-order valence-corrected chi connectivity index (χ2v) is 6.34. The van der Waals surface area contributed by atoms with Crippen LogP contribution in [0.3, 0.4) is 0 Å². The average Bonchev–Trinajstić information content (AvgIpc) is 2.79. The fourth-order valence-corrected chi connectivity index (χ4v) is 2.99. The standard InChI is InChI=1S/C21H19FN2O4/c1-14-12-19(25)23-17-8-4-5-9-18(17)24(14)20(26)13-28-21(27)11-10-15-6-2-3-7-16(15)22/h2-11,14H,12-13H2,1H3,(H,23,25)/b11-10+/t14-/m0/s1. The fraction of sp³-hybridized carbons (Fsp3) is 0.190. The molecule has 144 valence electrons. The summed E-state index contributed by atoms with van der Waals surface area (Å²) in [6.45, 7) is 1.26. The highest BCUT2D eigenvalue weighted by molar-refractivity contribution is 6.05. The van der Waals surface area contributed by atoms with Crippen LogP contribution >= 0.6 is 0 Å². The third kappa shape index (κ3) is 4.43. The first-order chi connectivity index (χ1) is 13.5. The predicted molar refractivity (Wildman–Crippen MR) is 103 cm³/mol. The van der Waals surface area contributed by atoms with Gasteiger partial charge in [0.2, 0.25) is 5.91 Å². The van der Waals surface area contributed by atoms with E-state index in [1.54, 1.807) is 43.3 Å². The molecule has 0 aliphatic carbocycles. The van der Waals surface area contributed by atoms with Crippen molar-refractivity contribution in [3.05, 3.63) is 66.0 Å². The van der Waals surface area contributed by atoms with Crippen LogP contribution in [0.1, 0.15) is 18.9 Å². The zero-order valence-corrected chi connectivity index (χ0v) is 15.2. The molecule has 0 unspecified atom stereocenters. The quantitative estimate of drug-likeness (QED) is 0.651. The molecule has 0 radical (unpaired) electrons. The lowest BCUT2D eigenvalue weighted by Crippen LogP contribution is -2.41. The predicted octanol–water partition coefficient (Wildman–Crippen LogP) is 3.15. The number of fused-ring (bicyclic) bond motifs is 1. The summed E-state index contributed by atoms with van der Waals surface area (Å²) in [5, 5.41) is 2.76.